The van der Waals surface area contributed by atoms with Gasteiger partial charge in [0.15, 0.2) is 17.2 Å². The third-order valence-corrected chi connectivity index (χ3v) is 4.86. The Bertz CT molecular complexity index is 1260. The largest absolute Gasteiger partial charge is 0.490 e. The number of aliphatic imine (C=N–C) groups is 1. The maximum absolute atomic E-state index is 12.3. The molecule has 1 aliphatic rings. The second-order valence-electron chi connectivity index (χ2n) is 7.39. The van der Waals surface area contributed by atoms with E-state index in [0.717, 1.165) is 11.1 Å². The summed E-state index contributed by atoms with van der Waals surface area (Å²) < 4.78 is 16.4. The Hall–Kier alpha value is -4.45. The fourth-order valence-corrected chi connectivity index (χ4v) is 3.30. The third kappa shape index (κ3) is 6.07. The molecule has 3 aromatic carbocycles. The van der Waals surface area contributed by atoms with Crippen molar-refractivity contribution in [3.8, 4) is 11.5 Å². The molecule has 0 spiro atoms. The average molecular weight is 453 g/mol. The smallest absolute Gasteiger partial charge is 0.363 e. The molecule has 0 fully saturated rings. The Kier molecular flexibility index (Phi) is 7.30. The standard InChI is InChI=1S/C28H23NO5/c1-2-32-25-18-22(13-15-24(25)33-27(30)16-14-20-9-5-3-6-10-20)17-23-28(31)34-26(29-23)19-21-11-7-4-8-12-21/h3-18H,2,19H2,1H3/b16-14+,23-17+. The van der Waals surface area contributed by atoms with Crippen LogP contribution in [0.25, 0.3) is 12.2 Å². The van der Waals surface area contributed by atoms with Gasteiger partial charge in [0.2, 0.25) is 5.90 Å². The highest BCUT2D eigenvalue weighted by Crippen LogP contribution is 2.30. The van der Waals surface area contributed by atoms with Gasteiger partial charge in [0.05, 0.1) is 6.61 Å². The van der Waals surface area contributed by atoms with Crippen molar-refractivity contribution in [1.82, 2.24) is 0 Å². The van der Waals surface area contributed by atoms with E-state index in [2.05, 4.69) is 4.99 Å². The van der Waals surface area contributed by atoms with Crippen LogP contribution in [-0.4, -0.2) is 24.4 Å². The number of carbonyl (C=O) groups is 2. The van der Waals surface area contributed by atoms with Gasteiger partial charge >= 0.3 is 11.9 Å². The molecule has 0 saturated carbocycles. The van der Waals surface area contributed by atoms with Gasteiger partial charge in [0.1, 0.15) is 0 Å². The molecular formula is C28H23NO5. The zero-order valence-corrected chi connectivity index (χ0v) is 18.6. The van der Waals surface area contributed by atoms with Crippen LogP contribution in [0, 0.1) is 0 Å². The predicted molar refractivity (Wildman–Crippen MR) is 130 cm³/mol. The van der Waals surface area contributed by atoms with Crippen LogP contribution in [-0.2, 0) is 20.7 Å². The average Bonchev–Trinajstić information content (AvgIpc) is 3.19. The Morgan fingerprint density at radius 1 is 0.941 bits per heavy atom. The summed E-state index contributed by atoms with van der Waals surface area (Å²) >= 11 is 0. The zero-order chi connectivity index (χ0) is 23.8. The van der Waals surface area contributed by atoms with E-state index < -0.39 is 11.9 Å². The van der Waals surface area contributed by atoms with Crippen LogP contribution >= 0.6 is 0 Å². The number of nitrogens with zero attached hydrogens (tertiary/aromatic N) is 1. The van der Waals surface area contributed by atoms with Gasteiger partial charge in [0, 0.05) is 12.5 Å². The molecule has 170 valence electrons. The molecule has 6 heteroatoms. The quantitative estimate of drug-likeness (QED) is 0.265. The third-order valence-electron chi connectivity index (χ3n) is 4.86. The lowest BCUT2D eigenvalue weighted by Crippen LogP contribution is -2.07. The molecule has 1 aliphatic heterocycles. The highest BCUT2D eigenvalue weighted by Gasteiger charge is 2.23. The maximum Gasteiger partial charge on any atom is 0.363 e. The first-order chi connectivity index (χ1) is 16.6. The Morgan fingerprint density at radius 3 is 2.41 bits per heavy atom. The second kappa shape index (κ2) is 10.9. The summed E-state index contributed by atoms with van der Waals surface area (Å²) in [6.45, 7) is 2.21. The molecular weight excluding hydrogens is 430 g/mol. The monoisotopic (exact) mass is 453 g/mol. The lowest BCUT2D eigenvalue weighted by Gasteiger charge is -2.10. The predicted octanol–water partition coefficient (Wildman–Crippen LogP) is 5.24. The van der Waals surface area contributed by atoms with E-state index in [-0.39, 0.29) is 11.4 Å². The summed E-state index contributed by atoms with van der Waals surface area (Å²) in [5.41, 5.74) is 2.76. The van der Waals surface area contributed by atoms with Gasteiger partial charge in [-0.15, -0.1) is 0 Å². The Morgan fingerprint density at radius 2 is 1.68 bits per heavy atom. The van der Waals surface area contributed by atoms with Crippen molar-refractivity contribution in [3.63, 3.8) is 0 Å². The minimum Gasteiger partial charge on any atom is -0.490 e. The number of carbonyl (C=O) groups excluding carboxylic acids is 2. The van der Waals surface area contributed by atoms with Gasteiger partial charge in [-0.2, -0.15) is 0 Å². The minimum absolute atomic E-state index is 0.198. The molecule has 0 aromatic heterocycles. The van der Waals surface area contributed by atoms with Crippen LogP contribution in [0.15, 0.2) is 95.6 Å². The van der Waals surface area contributed by atoms with Gasteiger partial charge < -0.3 is 14.2 Å². The zero-order valence-electron chi connectivity index (χ0n) is 18.6. The number of hydrogen-bond acceptors (Lipinski definition) is 6. The summed E-state index contributed by atoms with van der Waals surface area (Å²) in [7, 11) is 0. The normalized spacial score (nSPS) is 14.2. The summed E-state index contributed by atoms with van der Waals surface area (Å²) in [4.78, 5) is 28.9. The number of ether oxygens (including phenoxy) is 3. The first-order valence-electron chi connectivity index (χ1n) is 10.9. The van der Waals surface area contributed by atoms with Gasteiger partial charge in [0.25, 0.3) is 0 Å². The molecule has 0 atom stereocenters. The molecule has 4 rings (SSSR count). The van der Waals surface area contributed by atoms with E-state index in [4.69, 9.17) is 14.2 Å². The lowest BCUT2D eigenvalue weighted by molar-refractivity contribution is -0.130. The molecule has 1 heterocycles. The summed E-state index contributed by atoms with van der Waals surface area (Å²) in [6.07, 6.45) is 5.08. The minimum atomic E-state index is -0.523. The van der Waals surface area contributed by atoms with Crippen LogP contribution in [0.1, 0.15) is 23.6 Å². The summed E-state index contributed by atoms with van der Waals surface area (Å²) in [5.74, 6) is -0.00810. The molecule has 3 aromatic rings. The van der Waals surface area contributed by atoms with E-state index >= 15 is 0 Å². The van der Waals surface area contributed by atoms with Crippen LogP contribution in [0.5, 0.6) is 11.5 Å². The summed E-state index contributed by atoms with van der Waals surface area (Å²) in [5, 5.41) is 0. The maximum atomic E-state index is 12.3. The van der Waals surface area contributed by atoms with Crippen molar-refractivity contribution < 1.29 is 23.8 Å². The molecule has 6 nitrogen and oxygen atoms in total. The van der Waals surface area contributed by atoms with Gasteiger partial charge in [-0.25, -0.2) is 14.6 Å². The highest BCUT2D eigenvalue weighted by atomic mass is 16.6. The van der Waals surface area contributed by atoms with Crippen LogP contribution in [0.3, 0.4) is 0 Å². The number of hydrogen-bond donors (Lipinski definition) is 0. The fraction of sp³-hybridized carbons (Fsp3) is 0.107. The Balaban J connectivity index is 1.49. The topological polar surface area (TPSA) is 74.2 Å². The van der Waals surface area contributed by atoms with Crippen molar-refractivity contribution in [1.29, 1.82) is 0 Å². The number of rotatable bonds is 8. The molecule has 34 heavy (non-hydrogen) atoms. The Labute approximate surface area is 197 Å². The van der Waals surface area contributed by atoms with E-state index in [1.165, 1.54) is 6.08 Å². The lowest BCUT2D eigenvalue weighted by atomic mass is 10.1. The van der Waals surface area contributed by atoms with E-state index in [1.54, 1.807) is 30.4 Å². The van der Waals surface area contributed by atoms with Crippen LogP contribution in [0.4, 0.5) is 0 Å². The summed E-state index contributed by atoms with van der Waals surface area (Å²) in [6, 6.07) is 24.2. The molecule has 0 amide bonds. The van der Waals surface area contributed by atoms with Crippen molar-refractivity contribution in [2.24, 2.45) is 4.99 Å². The van der Waals surface area contributed by atoms with E-state index in [9.17, 15) is 9.59 Å². The van der Waals surface area contributed by atoms with Crippen molar-refractivity contribution in [3.05, 3.63) is 107 Å². The first-order valence-corrected chi connectivity index (χ1v) is 10.9. The van der Waals surface area contributed by atoms with Crippen molar-refractivity contribution >= 4 is 30.0 Å². The highest BCUT2D eigenvalue weighted by molar-refractivity contribution is 6.07. The molecule has 0 radical (unpaired) electrons. The van der Waals surface area contributed by atoms with Crippen LogP contribution < -0.4 is 9.47 Å². The van der Waals surface area contributed by atoms with E-state index in [0.29, 0.717) is 30.2 Å². The van der Waals surface area contributed by atoms with Gasteiger partial charge in [-0.1, -0.05) is 66.7 Å². The van der Waals surface area contributed by atoms with E-state index in [1.807, 2.05) is 67.6 Å². The number of esters is 2. The molecule has 0 unspecified atom stereocenters. The van der Waals surface area contributed by atoms with Gasteiger partial charge in [-0.3, -0.25) is 0 Å². The number of cyclic esters (lactones) is 1. The second-order valence-corrected chi connectivity index (χ2v) is 7.39. The fourth-order valence-electron chi connectivity index (χ4n) is 3.30. The SMILES string of the molecule is CCOc1cc(/C=C2/N=C(Cc3ccccc3)OC2=O)ccc1OC(=O)/C=C/c1ccccc1. The molecule has 0 bridgehead atoms. The molecule has 0 aliphatic carbocycles. The number of benzene rings is 3. The molecule has 0 N–H and O–H groups in total. The molecule has 0 saturated heterocycles. The van der Waals surface area contributed by atoms with Gasteiger partial charge in [-0.05, 0) is 47.9 Å². The van der Waals surface area contributed by atoms with Crippen LogP contribution in [0.2, 0.25) is 0 Å². The van der Waals surface area contributed by atoms with Crippen molar-refractivity contribution in [2.75, 3.05) is 6.61 Å². The van der Waals surface area contributed by atoms with Crippen molar-refractivity contribution in [2.45, 2.75) is 13.3 Å². The first kappa shape index (κ1) is 22.7.